The number of rotatable bonds is 7. The summed E-state index contributed by atoms with van der Waals surface area (Å²) < 4.78 is 11.1. The van der Waals surface area contributed by atoms with Crippen LogP contribution in [0.1, 0.15) is 23.6 Å². The van der Waals surface area contributed by atoms with Gasteiger partial charge in [0.1, 0.15) is 5.75 Å². The van der Waals surface area contributed by atoms with E-state index in [4.69, 9.17) is 9.47 Å². The maximum atomic E-state index is 12.0. The van der Waals surface area contributed by atoms with Gasteiger partial charge in [-0.25, -0.2) is 4.98 Å². The molecule has 0 unspecified atom stereocenters. The van der Waals surface area contributed by atoms with E-state index in [-0.39, 0.29) is 12.5 Å². The largest absolute Gasteiger partial charge is 0.483 e. The molecule has 0 bridgehead atoms. The van der Waals surface area contributed by atoms with Crippen molar-refractivity contribution in [1.82, 2.24) is 10.3 Å². The molecule has 0 aliphatic heterocycles. The van der Waals surface area contributed by atoms with Crippen LogP contribution in [0.4, 0.5) is 0 Å². The Labute approximate surface area is 136 Å². The minimum atomic E-state index is -0.182. The second-order valence-corrected chi connectivity index (χ2v) is 5.19. The van der Waals surface area contributed by atoms with Gasteiger partial charge >= 0.3 is 0 Å². The van der Waals surface area contributed by atoms with Crippen molar-refractivity contribution in [2.24, 2.45) is 0 Å². The third-order valence-corrected chi connectivity index (χ3v) is 3.36. The molecule has 5 nitrogen and oxygen atoms in total. The molecule has 122 valence electrons. The van der Waals surface area contributed by atoms with Crippen LogP contribution in [0.2, 0.25) is 0 Å². The Kier molecular flexibility index (Phi) is 5.97. The van der Waals surface area contributed by atoms with Crippen LogP contribution in [0.5, 0.6) is 11.6 Å². The lowest BCUT2D eigenvalue weighted by molar-refractivity contribution is -0.123. The predicted octanol–water partition coefficient (Wildman–Crippen LogP) is 2.79. The molecule has 0 aliphatic rings. The Morgan fingerprint density at radius 1 is 1.13 bits per heavy atom. The van der Waals surface area contributed by atoms with E-state index in [9.17, 15) is 4.79 Å². The lowest BCUT2D eigenvalue weighted by Crippen LogP contribution is -2.28. The zero-order chi connectivity index (χ0) is 16.7. The molecular formula is C18H22N2O3. The number of ether oxygens (including phenoxy) is 2. The van der Waals surface area contributed by atoms with Gasteiger partial charge in [0.05, 0.1) is 6.61 Å². The Balaban J connectivity index is 1.89. The average Bonchev–Trinajstić information content (AvgIpc) is 2.54. The molecule has 2 aromatic rings. The molecule has 0 atom stereocenters. The summed E-state index contributed by atoms with van der Waals surface area (Å²) in [4.78, 5) is 16.1. The number of aromatic nitrogens is 1. The van der Waals surface area contributed by atoms with Crippen molar-refractivity contribution in [3.8, 4) is 11.6 Å². The van der Waals surface area contributed by atoms with E-state index in [1.165, 1.54) is 0 Å². The van der Waals surface area contributed by atoms with Gasteiger partial charge in [-0.1, -0.05) is 24.3 Å². The normalized spacial score (nSPS) is 10.2. The average molecular weight is 314 g/mol. The van der Waals surface area contributed by atoms with Crippen LogP contribution >= 0.6 is 0 Å². The van der Waals surface area contributed by atoms with Gasteiger partial charge in [-0.15, -0.1) is 0 Å². The first-order valence-electron chi connectivity index (χ1n) is 7.64. The van der Waals surface area contributed by atoms with E-state index in [0.29, 0.717) is 19.0 Å². The molecule has 0 aliphatic carbocycles. The molecule has 1 heterocycles. The van der Waals surface area contributed by atoms with Crippen LogP contribution in [0.25, 0.3) is 0 Å². The van der Waals surface area contributed by atoms with E-state index in [1.807, 2.05) is 51.1 Å². The van der Waals surface area contributed by atoms with Gasteiger partial charge in [-0.3, -0.25) is 4.79 Å². The van der Waals surface area contributed by atoms with Crippen LogP contribution in [-0.4, -0.2) is 24.1 Å². The summed E-state index contributed by atoms with van der Waals surface area (Å²) in [6, 6.07) is 9.59. The number of amides is 1. The lowest BCUT2D eigenvalue weighted by atomic mass is 10.1. The summed E-state index contributed by atoms with van der Waals surface area (Å²) in [7, 11) is 0. The first kappa shape index (κ1) is 16.8. The number of para-hydroxylation sites is 1. The summed E-state index contributed by atoms with van der Waals surface area (Å²) in [5.41, 5.74) is 2.88. The highest BCUT2D eigenvalue weighted by molar-refractivity contribution is 5.77. The summed E-state index contributed by atoms with van der Waals surface area (Å²) in [5.74, 6) is 1.13. The second kappa shape index (κ2) is 8.17. The highest BCUT2D eigenvalue weighted by Crippen LogP contribution is 2.22. The molecule has 2 rings (SSSR count). The molecule has 0 radical (unpaired) electrons. The minimum absolute atomic E-state index is 0.0179. The van der Waals surface area contributed by atoms with Crippen molar-refractivity contribution in [3.05, 3.63) is 53.2 Å². The number of hydrogen-bond donors (Lipinski definition) is 1. The van der Waals surface area contributed by atoms with Gasteiger partial charge in [0.15, 0.2) is 6.61 Å². The SMILES string of the molecule is CCOc1ncccc1CNC(=O)COc1c(C)cccc1C. The number of pyridine rings is 1. The van der Waals surface area contributed by atoms with Crippen molar-refractivity contribution in [1.29, 1.82) is 0 Å². The summed E-state index contributed by atoms with van der Waals surface area (Å²) >= 11 is 0. The van der Waals surface area contributed by atoms with Gasteiger partial charge in [0.2, 0.25) is 5.88 Å². The second-order valence-electron chi connectivity index (χ2n) is 5.19. The van der Waals surface area contributed by atoms with Gasteiger partial charge < -0.3 is 14.8 Å². The van der Waals surface area contributed by atoms with E-state index in [2.05, 4.69) is 10.3 Å². The van der Waals surface area contributed by atoms with Crippen LogP contribution in [0, 0.1) is 13.8 Å². The number of nitrogens with one attached hydrogen (secondary N) is 1. The fourth-order valence-corrected chi connectivity index (χ4v) is 2.23. The zero-order valence-corrected chi connectivity index (χ0v) is 13.8. The predicted molar refractivity (Wildman–Crippen MR) is 88.7 cm³/mol. The van der Waals surface area contributed by atoms with E-state index >= 15 is 0 Å². The molecule has 0 fully saturated rings. The zero-order valence-electron chi connectivity index (χ0n) is 13.8. The Hall–Kier alpha value is -2.56. The van der Waals surface area contributed by atoms with Gasteiger partial charge in [0, 0.05) is 18.3 Å². The molecular weight excluding hydrogens is 292 g/mol. The number of hydrogen-bond acceptors (Lipinski definition) is 4. The molecule has 0 saturated heterocycles. The first-order chi connectivity index (χ1) is 11.1. The molecule has 1 N–H and O–H groups in total. The summed E-state index contributed by atoms with van der Waals surface area (Å²) in [6.07, 6.45) is 1.67. The van der Waals surface area contributed by atoms with Crippen molar-refractivity contribution in [3.63, 3.8) is 0 Å². The van der Waals surface area contributed by atoms with E-state index in [0.717, 1.165) is 22.4 Å². The number of nitrogens with zero attached hydrogens (tertiary/aromatic N) is 1. The van der Waals surface area contributed by atoms with Gasteiger partial charge in [-0.05, 0) is 38.0 Å². The Morgan fingerprint density at radius 2 is 1.87 bits per heavy atom. The van der Waals surface area contributed by atoms with Crippen LogP contribution in [-0.2, 0) is 11.3 Å². The quantitative estimate of drug-likeness (QED) is 0.853. The van der Waals surface area contributed by atoms with Crippen LogP contribution < -0.4 is 14.8 Å². The van der Waals surface area contributed by atoms with Crippen LogP contribution in [0.15, 0.2) is 36.5 Å². The highest BCUT2D eigenvalue weighted by atomic mass is 16.5. The molecule has 1 amide bonds. The third-order valence-electron chi connectivity index (χ3n) is 3.36. The maximum Gasteiger partial charge on any atom is 0.258 e. The summed E-state index contributed by atoms with van der Waals surface area (Å²) in [6.45, 7) is 6.70. The molecule has 0 spiro atoms. The monoisotopic (exact) mass is 314 g/mol. The topological polar surface area (TPSA) is 60.5 Å². The smallest absolute Gasteiger partial charge is 0.258 e. The molecule has 1 aromatic heterocycles. The van der Waals surface area contributed by atoms with Crippen molar-refractivity contribution >= 4 is 5.91 Å². The van der Waals surface area contributed by atoms with Gasteiger partial charge in [-0.2, -0.15) is 0 Å². The molecule has 5 heteroatoms. The maximum absolute atomic E-state index is 12.0. The molecule has 23 heavy (non-hydrogen) atoms. The van der Waals surface area contributed by atoms with Gasteiger partial charge in [0.25, 0.3) is 5.91 Å². The molecule has 0 saturated carbocycles. The fourth-order valence-electron chi connectivity index (χ4n) is 2.23. The van der Waals surface area contributed by atoms with E-state index in [1.54, 1.807) is 6.20 Å². The Morgan fingerprint density at radius 3 is 2.57 bits per heavy atom. The lowest BCUT2D eigenvalue weighted by Gasteiger charge is -2.13. The van der Waals surface area contributed by atoms with Crippen molar-refractivity contribution in [2.75, 3.05) is 13.2 Å². The Bertz CT molecular complexity index is 651. The fraction of sp³-hybridized carbons (Fsp3) is 0.333. The van der Waals surface area contributed by atoms with Crippen molar-refractivity contribution < 1.29 is 14.3 Å². The number of benzene rings is 1. The number of carbonyl (C=O) groups excluding carboxylic acids is 1. The third kappa shape index (κ3) is 4.71. The van der Waals surface area contributed by atoms with E-state index < -0.39 is 0 Å². The standard InChI is InChI=1S/C18H22N2O3/c1-4-22-18-15(9-6-10-19-18)11-20-16(21)12-23-17-13(2)7-5-8-14(17)3/h5-10H,4,11-12H2,1-3H3,(H,20,21). The summed E-state index contributed by atoms with van der Waals surface area (Å²) in [5, 5.41) is 2.82. The molecule has 1 aromatic carbocycles. The first-order valence-corrected chi connectivity index (χ1v) is 7.64. The number of aryl methyl sites for hydroxylation is 2. The minimum Gasteiger partial charge on any atom is -0.483 e. The highest BCUT2D eigenvalue weighted by Gasteiger charge is 2.09. The van der Waals surface area contributed by atoms with Crippen LogP contribution in [0.3, 0.4) is 0 Å². The van der Waals surface area contributed by atoms with Crippen molar-refractivity contribution in [2.45, 2.75) is 27.3 Å². The number of carbonyl (C=O) groups is 1.